The van der Waals surface area contributed by atoms with Gasteiger partial charge in [0.05, 0.1) is 17.6 Å². The zero-order valence-corrected chi connectivity index (χ0v) is 17.1. The number of likely N-dealkylation sites (tertiary alicyclic amines) is 1. The Balaban J connectivity index is 0.000000335. The molecular formula is C21H25N5O4. The highest BCUT2D eigenvalue weighted by atomic mass is 16.3. The van der Waals surface area contributed by atoms with E-state index in [-0.39, 0.29) is 29.1 Å². The molecule has 1 fully saturated rings. The number of anilines is 1. The molecule has 30 heavy (non-hydrogen) atoms. The van der Waals surface area contributed by atoms with Gasteiger partial charge in [-0.2, -0.15) is 5.10 Å². The molecule has 4 N–H and O–H groups in total. The van der Waals surface area contributed by atoms with Crippen molar-refractivity contribution in [1.82, 2.24) is 14.7 Å². The first-order chi connectivity index (χ1) is 14.1. The zero-order valence-electron chi connectivity index (χ0n) is 17.1. The van der Waals surface area contributed by atoms with Crippen molar-refractivity contribution < 1.29 is 19.5 Å². The first kappa shape index (κ1) is 22.6. The number of benzene rings is 1. The van der Waals surface area contributed by atoms with Crippen LogP contribution in [-0.4, -0.2) is 57.2 Å². The van der Waals surface area contributed by atoms with Gasteiger partial charge in [0.25, 0.3) is 11.8 Å². The molecule has 1 aromatic heterocycles. The van der Waals surface area contributed by atoms with Crippen molar-refractivity contribution in [3.05, 3.63) is 41.7 Å². The molecule has 1 aromatic carbocycles. The SMILES string of the molecule is C#Cc1cccc(-n2cc(NC(=O)C(C)C)c(C(N)=O)n2)c1.CN1CCC(O)C1=O. The summed E-state index contributed by atoms with van der Waals surface area (Å²) >= 11 is 0. The van der Waals surface area contributed by atoms with Gasteiger partial charge in [0, 0.05) is 25.1 Å². The summed E-state index contributed by atoms with van der Waals surface area (Å²) in [5, 5.41) is 15.6. The number of likely N-dealkylation sites (N-methyl/N-ethyl adjacent to an activating group) is 1. The summed E-state index contributed by atoms with van der Waals surface area (Å²) in [6.07, 6.45) is 6.78. The summed E-state index contributed by atoms with van der Waals surface area (Å²) in [5.74, 6) is 1.21. The van der Waals surface area contributed by atoms with Crippen LogP contribution in [0.15, 0.2) is 30.5 Å². The maximum Gasteiger partial charge on any atom is 0.271 e. The minimum absolute atomic E-state index is 0.000103. The normalized spacial score (nSPS) is 15.4. The van der Waals surface area contributed by atoms with E-state index in [9.17, 15) is 14.4 Å². The smallest absolute Gasteiger partial charge is 0.271 e. The predicted octanol–water partition coefficient (Wildman–Crippen LogP) is 0.756. The number of rotatable bonds is 4. The quantitative estimate of drug-likeness (QED) is 0.639. The van der Waals surface area contributed by atoms with E-state index in [0.717, 1.165) is 0 Å². The van der Waals surface area contributed by atoms with Crippen LogP contribution in [0.1, 0.15) is 36.3 Å². The van der Waals surface area contributed by atoms with Crippen molar-refractivity contribution in [2.75, 3.05) is 18.9 Å². The molecule has 3 rings (SSSR count). The Morgan fingerprint density at radius 1 is 1.40 bits per heavy atom. The summed E-state index contributed by atoms with van der Waals surface area (Å²) in [6.45, 7) is 4.19. The third-order valence-electron chi connectivity index (χ3n) is 4.41. The Labute approximate surface area is 174 Å². The van der Waals surface area contributed by atoms with Gasteiger partial charge >= 0.3 is 0 Å². The van der Waals surface area contributed by atoms with Crippen LogP contribution in [0, 0.1) is 18.3 Å². The first-order valence-electron chi connectivity index (χ1n) is 9.34. The summed E-state index contributed by atoms with van der Waals surface area (Å²) in [6, 6.07) is 7.09. The number of amides is 3. The van der Waals surface area contributed by atoms with Crippen LogP contribution in [0.2, 0.25) is 0 Å². The van der Waals surface area contributed by atoms with E-state index in [1.54, 1.807) is 45.2 Å². The number of aromatic nitrogens is 2. The van der Waals surface area contributed by atoms with Crippen molar-refractivity contribution in [2.45, 2.75) is 26.4 Å². The number of nitrogens with two attached hydrogens (primary N) is 1. The minimum atomic E-state index is -0.722. The maximum atomic E-state index is 11.8. The van der Waals surface area contributed by atoms with E-state index in [2.05, 4.69) is 16.3 Å². The van der Waals surface area contributed by atoms with E-state index in [0.29, 0.717) is 24.2 Å². The lowest BCUT2D eigenvalue weighted by Crippen LogP contribution is -2.24. The van der Waals surface area contributed by atoms with Crippen LogP contribution >= 0.6 is 0 Å². The summed E-state index contributed by atoms with van der Waals surface area (Å²) < 4.78 is 1.46. The van der Waals surface area contributed by atoms with Gasteiger partial charge in [0.2, 0.25) is 5.91 Å². The van der Waals surface area contributed by atoms with Crippen molar-refractivity contribution in [2.24, 2.45) is 11.7 Å². The molecule has 3 amide bonds. The second kappa shape index (κ2) is 9.71. The van der Waals surface area contributed by atoms with Crippen LogP contribution in [0.3, 0.4) is 0 Å². The van der Waals surface area contributed by atoms with Gasteiger partial charge in [-0.3, -0.25) is 14.4 Å². The second-order valence-corrected chi connectivity index (χ2v) is 7.10. The predicted molar refractivity (Wildman–Crippen MR) is 112 cm³/mol. The molecule has 1 aliphatic rings. The summed E-state index contributed by atoms with van der Waals surface area (Å²) in [7, 11) is 1.69. The number of primary amides is 1. The van der Waals surface area contributed by atoms with Gasteiger partial charge in [0.1, 0.15) is 6.10 Å². The highest BCUT2D eigenvalue weighted by molar-refractivity contribution is 6.01. The largest absolute Gasteiger partial charge is 0.383 e. The van der Waals surface area contributed by atoms with Crippen LogP contribution in [0.4, 0.5) is 5.69 Å². The van der Waals surface area contributed by atoms with E-state index in [4.69, 9.17) is 17.3 Å². The molecule has 158 valence electrons. The lowest BCUT2D eigenvalue weighted by Gasteiger charge is -2.05. The molecule has 1 atom stereocenters. The monoisotopic (exact) mass is 411 g/mol. The average molecular weight is 411 g/mol. The maximum absolute atomic E-state index is 11.8. The summed E-state index contributed by atoms with van der Waals surface area (Å²) in [4.78, 5) is 35.4. The highest BCUT2D eigenvalue weighted by Crippen LogP contribution is 2.18. The van der Waals surface area contributed by atoms with Crippen molar-refractivity contribution in [3.63, 3.8) is 0 Å². The highest BCUT2D eigenvalue weighted by Gasteiger charge is 2.26. The lowest BCUT2D eigenvalue weighted by atomic mass is 10.2. The van der Waals surface area contributed by atoms with E-state index in [1.807, 2.05) is 0 Å². The van der Waals surface area contributed by atoms with Crippen molar-refractivity contribution in [3.8, 4) is 18.0 Å². The third kappa shape index (κ3) is 5.46. The van der Waals surface area contributed by atoms with E-state index >= 15 is 0 Å². The Hall–Kier alpha value is -3.64. The fourth-order valence-corrected chi connectivity index (χ4v) is 2.60. The number of hydrogen-bond donors (Lipinski definition) is 3. The topological polar surface area (TPSA) is 131 Å². The molecule has 0 bridgehead atoms. The molecule has 0 aliphatic carbocycles. The number of carbonyl (C=O) groups is 3. The van der Waals surface area contributed by atoms with E-state index < -0.39 is 12.0 Å². The summed E-state index contributed by atoms with van der Waals surface area (Å²) in [5.41, 5.74) is 6.94. The molecule has 0 radical (unpaired) electrons. The fourth-order valence-electron chi connectivity index (χ4n) is 2.60. The van der Waals surface area contributed by atoms with Gasteiger partial charge in [-0.1, -0.05) is 25.8 Å². The number of aliphatic hydroxyl groups is 1. The van der Waals surface area contributed by atoms with Crippen molar-refractivity contribution >= 4 is 23.4 Å². The fraction of sp³-hybridized carbons (Fsp3) is 0.333. The molecule has 1 aliphatic heterocycles. The first-order valence-corrected chi connectivity index (χ1v) is 9.34. The molecule has 0 saturated carbocycles. The molecule has 9 nitrogen and oxygen atoms in total. The number of hydrogen-bond acceptors (Lipinski definition) is 5. The number of nitrogens with zero attached hydrogens (tertiary/aromatic N) is 3. The molecule has 1 saturated heterocycles. The van der Waals surface area contributed by atoms with Crippen LogP contribution in [0.25, 0.3) is 5.69 Å². The average Bonchev–Trinajstić information content (AvgIpc) is 3.27. The number of aliphatic hydroxyl groups excluding tert-OH is 1. The van der Waals surface area contributed by atoms with Gasteiger partial charge in [-0.05, 0) is 24.6 Å². The van der Waals surface area contributed by atoms with E-state index in [1.165, 1.54) is 15.8 Å². The molecule has 0 spiro atoms. The number of carbonyl (C=O) groups excluding carboxylic acids is 3. The molecule has 2 aromatic rings. The Kier molecular flexibility index (Phi) is 7.33. The van der Waals surface area contributed by atoms with Gasteiger partial charge in [0.15, 0.2) is 5.69 Å². The second-order valence-electron chi connectivity index (χ2n) is 7.10. The van der Waals surface area contributed by atoms with Gasteiger partial charge < -0.3 is 21.1 Å². The number of terminal acetylenes is 1. The number of nitrogens with one attached hydrogen (secondary N) is 1. The van der Waals surface area contributed by atoms with Crippen molar-refractivity contribution in [1.29, 1.82) is 0 Å². The molecule has 2 heterocycles. The molecular weight excluding hydrogens is 386 g/mol. The molecule has 9 heteroatoms. The van der Waals surface area contributed by atoms with Crippen LogP contribution < -0.4 is 11.1 Å². The van der Waals surface area contributed by atoms with Gasteiger partial charge in [-0.15, -0.1) is 6.42 Å². The lowest BCUT2D eigenvalue weighted by molar-refractivity contribution is -0.133. The van der Waals surface area contributed by atoms with Crippen LogP contribution in [-0.2, 0) is 9.59 Å². The molecule has 1 unspecified atom stereocenters. The third-order valence-corrected chi connectivity index (χ3v) is 4.41. The Morgan fingerprint density at radius 3 is 2.57 bits per heavy atom. The Morgan fingerprint density at radius 2 is 2.10 bits per heavy atom. The minimum Gasteiger partial charge on any atom is -0.383 e. The Bertz CT molecular complexity index is 978. The van der Waals surface area contributed by atoms with Crippen LogP contribution in [0.5, 0.6) is 0 Å². The zero-order chi connectivity index (χ0) is 22.4. The standard InChI is InChI=1S/C16H16N4O2.C5H9NO2/c1-4-11-6-5-7-12(8-11)20-9-13(14(19-20)15(17)21)18-16(22)10(2)3;1-6-3-2-4(7)5(6)8/h1,5-10H,2-3H3,(H2,17,21)(H,18,22);4,7H,2-3H2,1H3. The van der Waals surface area contributed by atoms with Gasteiger partial charge in [-0.25, -0.2) is 4.68 Å².